The number of benzene rings is 1. The van der Waals surface area contributed by atoms with Gasteiger partial charge in [0.15, 0.2) is 0 Å². The molecule has 0 aliphatic carbocycles. The van der Waals surface area contributed by atoms with E-state index < -0.39 is 6.43 Å². The summed E-state index contributed by atoms with van der Waals surface area (Å²) in [6.07, 6.45) is -2.31. The second-order valence-corrected chi connectivity index (χ2v) is 4.34. The molecule has 2 nitrogen and oxygen atoms in total. The van der Waals surface area contributed by atoms with Gasteiger partial charge in [0, 0.05) is 19.6 Å². The Bertz CT molecular complexity index is 353. The quantitative estimate of drug-likeness (QED) is 0.829. The van der Waals surface area contributed by atoms with Crippen molar-refractivity contribution in [2.45, 2.75) is 26.8 Å². The first-order chi connectivity index (χ1) is 8.02. The first-order valence-corrected chi connectivity index (χ1v) is 5.79. The maximum absolute atomic E-state index is 12.4. The largest absolute Gasteiger partial charge is 0.329 e. The van der Waals surface area contributed by atoms with Crippen LogP contribution in [-0.2, 0) is 6.54 Å². The third kappa shape index (κ3) is 4.79. The lowest BCUT2D eigenvalue weighted by Crippen LogP contribution is -2.33. The molecule has 0 saturated carbocycles. The van der Waals surface area contributed by atoms with Crippen molar-refractivity contribution in [2.24, 2.45) is 5.73 Å². The summed E-state index contributed by atoms with van der Waals surface area (Å²) in [6.45, 7) is 5.22. The number of halogens is 2. The Labute approximate surface area is 101 Å². The molecule has 0 radical (unpaired) electrons. The Morgan fingerprint density at radius 2 is 2.00 bits per heavy atom. The monoisotopic (exact) mass is 242 g/mol. The van der Waals surface area contributed by atoms with Gasteiger partial charge in [0.2, 0.25) is 0 Å². The number of aryl methyl sites for hydroxylation is 2. The Balaban J connectivity index is 2.74. The van der Waals surface area contributed by atoms with E-state index in [1.54, 1.807) is 4.90 Å². The zero-order valence-corrected chi connectivity index (χ0v) is 10.4. The van der Waals surface area contributed by atoms with Gasteiger partial charge in [-0.25, -0.2) is 8.78 Å². The summed E-state index contributed by atoms with van der Waals surface area (Å²) >= 11 is 0. The van der Waals surface area contributed by atoms with Gasteiger partial charge in [-0.1, -0.05) is 23.8 Å². The first-order valence-electron chi connectivity index (χ1n) is 5.79. The number of nitrogens with two attached hydrogens (primary N) is 1. The third-order valence-electron chi connectivity index (χ3n) is 2.74. The van der Waals surface area contributed by atoms with Crippen molar-refractivity contribution >= 4 is 0 Å². The van der Waals surface area contributed by atoms with Gasteiger partial charge >= 0.3 is 0 Å². The number of alkyl halides is 2. The predicted molar refractivity (Wildman–Crippen MR) is 66.3 cm³/mol. The van der Waals surface area contributed by atoms with Crippen molar-refractivity contribution in [3.8, 4) is 0 Å². The van der Waals surface area contributed by atoms with Gasteiger partial charge in [-0.3, -0.25) is 4.90 Å². The summed E-state index contributed by atoms with van der Waals surface area (Å²) in [6, 6.07) is 6.09. The molecule has 0 unspecified atom stereocenters. The van der Waals surface area contributed by atoms with Crippen molar-refractivity contribution in [3.05, 3.63) is 34.9 Å². The minimum Gasteiger partial charge on any atom is -0.329 e. The molecule has 0 aliphatic rings. The first kappa shape index (κ1) is 14.1. The van der Waals surface area contributed by atoms with Crippen molar-refractivity contribution < 1.29 is 8.78 Å². The highest BCUT2D eigenvalue weighted by Gasteiger charge is 2.12. The highest BCUT2D eigenvalue weighted by atomic mass is 19.3. The average molecular weight is 242 g/mol. The maximum Gasteiger partial charge on any atom is 0.251 e. The van der Waals surface area contributed by atoms with Crippen molar-refractivity contribution in [1.29, 1.82) is 0 Å². The normalized spacial score (nSPS) is 11.5. The molecule has 0 heterocycles. The standard InChI is InChI=1S/C13H20F2N2/c1-10-3-4-11(2)12(7-10)8-17(6-5-16)9-13(14)15/h3-4,7,13H,5-6,8-9,16H2,1-2H3. The summed E-state index contributed by atoms with van der Waals surface area (Å²) in [5, 5.41) is 0. The Hall–Kier alpha value is -1.00. The fourth-order valence-corrected chi connectivity index (χ4v) is 1.82. The fourth-order valence-electron chi connectivity index (χ4n) is 1.82. The van der Waals surface area contributed by atoms with Crippen LogP contribution in [0.25, 0.3) is 0 Å². The molecule has 0 atom stereocenters. The predicted octanol–water partition coefficient (Wildman–Crippen LogP) is 2.33. The van der Waals surface area contributed by atoms with Crippen LogP contribution in [0.4, 0.5) is 8.78 Å². The molecular formula is C13H20F2N2. The Morgan fingerprint density at radius 1 is 1.29 bits per heavy atom. The summed E-state index contributed by atoms with van der Waals surface area (Å²) in [5.74, 6) is 0. The van der Waals surface area contributed by atoms with Crippen LogP contribution in [0.1, 0.15) is 16.7 Å². The molecule has 1 aromatic rings. The van der Waals surface area contributed by atoms with Crippen LogP contribution in [-0.4, -0.2) is 31.0 Å². The van der Waals surface area contributed by atoms with Gasteiger partial charge in [-0.2, -0.15) is 0 Å². The molecule has 1 rings (SSSR count). The molecule has 0 saturated heterocycles. The number of nitrogens with zero attached hydrogens (tertiary/aromatic N) is 1. The molecule has 0 spiro atoms. The molecule has 2 N–H and O–H groups in total. The van der Waals surface area contributed by atoms with E-state index in [2.05, 4.69) is 0 Å². The van der Waals surface area contributed by atoms with Crippen LogP contribution >= 0.6 is 0 Å². The minimum atomic E-state index is -2.31. The molecule has 96 valence electrons. The van der Waals surface area contributed by atoms with Crippen molar-refractivity contribution in [2.75, 3.05) is 19.6 Å². The maximum atomic E-state index is 12.4. The Morgan fingerprint density at radius 3 is 2.59 bits per heavy atom. The average Bonchev–Trinajstić information content (AvgIpc) is 2.23. The molecule has 17 heavy (non-hydrogen) atoms. The smallest absolute Gasteiger partial charge is 0.251 e. The van der Waals surface area contributed by atoms with Gasteiger partial charge in [-0.05, 0) is 25.0 Å². The van der Waals surface area contributed by atoms with Crippen molar-refractivity contribution in [1.82, 2.24) is 4.90 Å². The van der Waals surface area contributed by atoms with Crippen molar-refractivity contribution in [3.63, 3.8) is 0 Å². The molecule has 1 aromatic carbocycles. The molecule has 0 bridgehead atoms. The van der Waals surface area contributed by atoms with Gasteiger partial charge in [0.25, 0.3) is 6.43 Å². The molecule has 0 fully saturated rings. The van der Waals surface area contributed by atoms with Crippen LogP contribution in [0.15, 0.2) is 18.2 Å². The summed E-state index contributed by atoms with van der Waals surface area (Å²) in [5.41, 5.74) is 8.82. The van der Waals surface area contributed by atoms with Gasteiger partial charge < -0.3 is 5.73 Å². The van der Waals surface area contributed by atoms with Crippen LogP contribution in [0, 0.1) is 13.8 Å². The number of hydrogen-bond acceptors (Lipinski definition) is 2. The van der Waals surface area contributed by atoms with Crippen LogP contribution in [0.2, 0.25) is 0 Å². The minimum absolute atomic E-state index is 0.218. The molecule has 4 heteroatoms. The topological polar surface area (TPSA) is 29.3 Å². The second-order valence-electron chi connectivity index (χ2n) is 4.34. The number of rotatable bonds is 6. The van der Waals surface area contributed by atoms with Gasteiger partial charge in [0.1, 0.15) is 0 Å². The van der Waals surface area contributed by atoms with E-state index in [4.69, 9.17) is 5.73 Å². The third-order valence-corrected chi connectivity index (χ3v) is 2.74. The summed E-state index contributed by atoms with van der Waals surface area (Å²) < 4.78 is 24.8. The van der Waals surface area contributed by atoms with E-state index in [1.165, 1.54) is 0 Å². The lowest BCUT2D eigenvalue weighted by molar-refractivity contribution is 0.0861. The zero-order valence-electron chi connectivity index (χ0n) is 10.4. The van der Waals surface area contributed by atoms with E-state index in [-0.39, 0.29) is 6.54 Å². The lowest BCUT2D eigenvalue weighted by atomic mass is 10.1. The Kier molecular flexibility index (Phi) is 5.51. The summed E-state index contributed by atoms with van der Waals surface area (Å²) in [7, 11) is 0. The van der Waals surface area contributed by atoms with E-state index in [0.717, 1.165) is 16.7 Å². The SMILES string of the molecule is Cc1ccc(C)c(CN(CCN)CC(F)F)c1. The van der Waals surface area contributed by atoms with E-state index in [9.17, 15) is 8.78 Å². The zero-order chi connectivity index (χ0) is 12.8. The van der Waals surface area contributed by atoms with Gasteiger partial charge in [0.05, 0.1) is 6.54 Å². The van der Waals surface area contributed by atoms with Crippen LogP contribution in [0.5, 0.6) is 0 Å². The molecule has 0 amide bonds. The highest BCUT2D eigenvalue weighted by molar-refractivity contribution is 5.30. The molecular weight excluding hydrogens is 222 g/mol. The lowest BCUT2D eigenvalue weighted by Gasteiger charge is -2.22. The van der Waals surface area contributed by atoms with E-state index in [1.807, 2.05) is 32.0 Å². The van der Waals surface area contributed by atoms with Gasteiger partial charge in [-0.15, -0.1) is 0 Å². The second kappa shape index (κ2) is 6.67. The highest BCUT2D eigenvalue weighted by Crippen LogP contribution is 2.14. The summed E-state index contributed by atoms with van der Waals surface area (Å²) in [4.78, 5) is 1.70. The van der Waals surface area contributed by atoms with Crippen LogP contribution < -0.4 is 5.73 Å². The molecule has 0 aromatic heterocycles. The fraction of sp³-hybridized carbons (Fsp3) is 0.538. The molecule has 0 aliphatic heterocycles. The van der Waals surface area contributed by atoms with Crippen LogP contribution in [0.3, 0.4) is 0 Å². The number of hydrogen-bond donors (Lipinski definition) is 1. The van der Waals surface area contributed by atoms with E-state index >= 15 is 0 Å². The van der Waals surface area contributed by atoms with E-state index in [0.29, 0.717) is 19.6 Å².